The quantitative estimate of drug-likeness (QED) is 0.493. The fraction of sp³-hybridized carbons (Fsp3) is 0.150. The van der Waals surface area contributed by atoms with Gasteiger partial charge in [-0.2, -0.15) is 11.3 Å². The molecule has 0 aliphatic carbocycles. The van der Waals surface area contributed by atoms with E-state index in [2.05, 4.69) is 10.6 Å². The van der Waals surface area contributed by atoms with Crippen LogP contribution in [0.5, 0.6) is 0 Å². The monoisotopic (exact) mass is 398 g/mol. The molecule has 138 valence electrons. The number of benzene rings is 1. The molecule has 5 nitrogen and oxygen atoms in total. The van der Waals surface area contributed by atoms with Gasteiger partial charge in [0.15, 0.2) is 0 Å². The van der Waals surface area contributed by atoms with Crippen molar-refractivity contribution in [1.82, 2.24) is 10.6 Å². The number of hydrogen-bond acceptors (Lipinski definition) is 5. The number of thiophene rings is 2. The first-order valence-electron chi connectivity index (χ1n) is 8.34. The third-order valence-corrected chi connectivity index (χ3v) is 5.71. The number of rotatable bonds is 6. The maximum Gasteiger partial charge on any atom is 0.309 e. The summed E-state index contributed by atoms with van der Waals surface area (Å²) in [6.07, 6.45) is 0. The summed E-state index contributed by atoms with van der Waals surface area (Å²) >= 11 is 2.78. The smallest absolute Gasteiger partial charge is 0.309 e. The maximum absolute atomic E-state index is 12.3. The fourth-order valence-corrected chi connectivity index (χ4v) is 4.01. The SMILES string of the molecule is C[C@@H](NC(=O)C(=O)NCc1ccc(C(=O)c2ccsc2)s1)c1ccccc1. The normalized spacial score (nSPS) is 11.6. The van der Waals surface area contributed by atoms with E-state index in [0.717, 1.165) is 10.4 Å². The zero-order chi connectivity index (χ0) is 19.2. The van der Waals surface area contributed by atoms with Crippen LogP contribution in [0, 0.1) is 0 Å². The number of carbonyl (C=O) groups is 3. The van der Waals surface area contributed by atoms with Crippen LogP contribution in [0.4, 0.5) is 0 Å². The van der Waals surface area contributed by atoms with Gasteiger partial charge in [0.2, 0.25) is 5.78 Å². The number of amides is 2. The van der Waals surface area contributed by atoms with Gasteiger partial charge in [0.1, 0.15) is 0 Å². The minimum Gasteiger partial charge on any atom is -0.343 e. The Kier molecular flexibility index (Phi) is 6.16. The van der Waals surface area contributed by atoms with E-state index < -0.39 is 11.8 Å². The van der Waals surface area contributed by atoms with Crippen LogP contribution in [-0.2, 0) is 16.1 Å². The summed E-state index contributed by atoms with van der Waals surface area (Å²) in [5.74, 6) is -1.41. The molecular weight excluding hydrogens is 380 g/mol. The summed E-state index contributed by atoms with van der Waals surface area (Å²) in [5, 5.41) is 8.93. The summed E-state index contributed by atoms with van der Waals surface area (Å²) < 4.78 is 0. The van der Waals surface area contributed by atoms with E-state index in [4.69, 9.17) is 0 Å². The van der Waals surface area contributed by atoms with Crippen molar-refractivity contribution in [1.29, 1.82) is 0 Å². The lowest BCUT2D eigenvalue weighted by molar-refractivity contribution is -0.139. The largest absolute Gasteiger partial charge is 0.343 e. The Morgan fingerprint density at radius 1 is 1.00 bits per heavy atom. The zero-order valence-corrected chi connectivity index (χ0v) is 16.2. The molecule has 0 unspecified atom stereocenters. The second-order valence-electron chi connectivity index (χ2n) is 5.90. The topological polar surface area (TPSA) is 75.3 Å². The molecule has 2 amide bonds. The van der Waals surface area contributed by atoms with Crippen molar-refractivity contribution < 1.29 is 14.4 Å². The van der Waals surface area contributed by atoms with E-state index in [0.29, 0.717) is 10.4 Å². The summed E-state index contributed by atoms with van der Waals surface area (Å²) in [6, 6.07) is 14.5. The van der Waals surface area contributed by atoms with Gasteiger partial charge in [0.05, 0.1) is 17.5 Å². The Hall–Kier alpha value is -2.77. The molecule has 0 fully saturated rings. The van der Waals surface area contributed by atoms with Gasteiger partial charge in [-0.15, -0.1) is 11.3 Å². The molecule has 2 heterocycles. The second-order valence-corrected chi connectivity index (χ2v) is 7.84. The first-order valence-corrected chi connectivity index (χ1v) is 10.1. The highest BCUT2D eigenvalue weighted by atomic mass is 32.1. The van der Waals surface area contributed by atoms with E-state index in [9.17, 15) is 14.4 Å². The minimum absolute atomic E-state index is 0.0340. The van der Waals surface area contributed by atoms with Gasteiger partial charge in [-0.25, -0.2) is 0 Å². The molecule has 1 aromatic carbocycles. The van der Waals surface area contributed by atoms with Crippen molar-refractivity contribution in [2.45, 2.75) is 19.5 Å². The van der Waals surface area contributed by atoms with Crippen molar-refractivity contribution >= 4 is 40.3 Å². The van der Waals surface area contributed by atoms with Crippen LogP contribution >= 0.6 is 22.7 Å². The van der Waals surface area contributed by atoms with Crippen molar-refractivity contribution in [3.63, 3.8) is 0 Å². The number of hydrogen-bond donors (Lipinski definition) is 2. The van der Waals surface area contributed by atoms with E-state index in [1.54, 1.807) is 18.2 Å². The van der Waals surface area contributed by atoms with Gasteiger partial charge < -0.3 is 10.6 Å². The summed E-state index contributed by atoms with van der Waals surface area (Å²) in [5.41, 5.74) is 1.58. The summed E-state index contributed by atoms with van der Waals surface area (Å²) in [6.45, 7) is 2.02. The average molecular weight is 399 g/mol. The Balaban J connectivity index is 1.52. The first-order chi connectivity index (χ1) is 13.0. The fourth-order valence-electron chi connectivity index (χ4n) is 2.47. The van der Waals surface area contributed by atoms with E-state index in [1.165, 1.54) is 22.7 Å². The van der Waals surface area contributed by atoms with Crippen molar-refractivity contribution in [3.8, 4) is 0 Å². The predicted octanol–water partition coefficient (Wildman–Crippen LogP) is 3.53. The van der Waals surface area contributed by atoms with Gasteiger partial charge in [-0.05, 0) is 36.1 Å². The molecule has 0 radical (unpaired) electrons. The molecule has 0 aliphatic rings. The first kappa shape index (κ1) is 19.0. The van der Waals surface area contributed by atoms with Crippen LogP contribution in [0.3, 0.4) is 0 Å². The zero-order valence-electron chi connectivity index (χ0n) is 14.6. The number of ketones is 1. The highest BCUT2D eigenvalue weighted by Gasteiger charge is 2.17. The molecule has 0 bridgehead atoms. The highest BCUT2D eigenvalue weighted by molar-refractivity contribution is 7.14. The molecule has 27 heavy (non-hydrogen) atoms. The average Bonchev–Trinajstić information content (AvgIpc) is 3.38. The maximum atomic E-state index is 12.3. The number of carbonyl (C=O) groups excluding carboxylic acids is 3. The lowest BCUT2D eigenvalue weighted by Crippen LogP contribution is -2.40. The van der Waals surface area contributed by atoms with Crippen LogP contribution in [0.2, 0.25) is 0 Å². The molecule has 3 aromatic rings. The molecule has 1 atom stereocenters. The van der Waals surface area contributed by atoms with Crippen LogP contribution in [0.1, 0.15) is 38.6 Å². The molecule has 0 spiro atoms. The molecule has 0 saturated carbocycles. The minimum atomic E-state index is -0.697. The van der Waals surface area contributed by atoms with Gasteiger partial charge in [-0.1, -0.05) is 30.3 Å². The van der Waals surface area contributed by atoms with Crippen molar-refractivity contribution in [2.24, 2.45) is 0 Å². The molecule has 0 aliphatic heterocycles. The van der Waals surface area contributed by atoms with Crippen LogP contribution in [-0.4, -0.2) is 17.6 Å². The molecule has 3 rings (SSSR count). The molecule has 0 saturated heterocycles. The van der Waals surface area contributed by atoms with Gasteiger partial charge >= 0.3 is 11.8 Å². The van der Waals surface area contributed by atoms with Crippen LogP contribution in [0.15, 0.2) is 59.3 Å². The molecule has 2 aromatic heterocycles. The van der Waals surface area contributed by atoms with Crippen molar-refractivity contribution in [2.75, 3.05) is 0 Å². The van der Waals surface area contributed by atoms with Crippen molar-refractivity contribution in [3.05, 3.63) is 80.2 Å². The van der Waals surface area contributed by atoms with E-state index in [-0.39, 0.29) is 18.4 Å². The Morgan fingerprint density at radius 3 is 2.48 bits per heavy atom. The third kappa shape index (κ3) is 4.90. The summed E-state index contributed by atoms with van der Waals surface area (Å²) in [4.78, 5) is 37.8. The standard InChI is InChI=1S/C20H18N2O3S2/c1-13(14-5-3-2-4-6-14)22-20(25)19(24)21-11-16-7-8-17(27-16)18(23)15-9-10-26-12-15/h2-10,12-13H,11H2,1H3,(H,21,24)(H,22,25)/t13-/m1/s1. The third-order valence-electron chi connectivity index (χ3n) is 3.95. The van der Waals surface area contributed by atoms with Crippen LogP contribution < -0.4 is 10.6 Å². The van der Waals surface area contributed by atoms with Gasteiger partial charge in [0.25, 0.3) is 0 Å². The highest BCUT2D eigenvalue weighted by Crippen LogP contribution is 2.21. The van der Waals surface area contributed by atoms with Gasteiger partial charge in [0, 0.05) is 15.8 Å². The lowest BCUT2D eigenvalue weighted by Gasteiger charge is -2.13. The Labute approximate surface area is 165 Å². The van der Waals surface area contributed by atoms with Crippen LogP contribution in [0.25, 0.3) is 0 Å². The predicted molar refractivity (Wildman–Crippen MR) is 107 cm³/mol. The lowest BCUT2D eigenvalue weighted by atomic mass is 10.1. The molecule has 2 N–H and O–H groups in total. The second kappa shape index (κ2) is 8.75. The molecule has 7 heteroatoms. The number of nitrogens with one attached hydrogen (secondary N) is 2. The Morgan fingerprint density at radius 2 is 1.78 bits per heavy atom. The summed E-state index contributed by atoms with van der Waals surface area (Å²) in [7, 11) is 0. The molecular formula is C20H18N2O3S2. The Bertz CT molecular complexity index is 933. The van der Waals surface area contributed by atoms with E-state index >= 15 is 0 Å². The van der Waals surface area contributed by atoms with Gasteiger partial charge in [-0.3, -0.25) is 14.4 Å². The van der Waals surface area contributed by atoms with E-state index in [1.807, 2.05) is 48.0 Å².